The van der Waals surface area contributed by atoms with Crippen LogP contribution in [0.3, 0.4) is 0 Å². The number of benzene rings is 1. The minimum Gasteiger partial charge on any atom is -0.364 e. The van der Waals surface area contributed by atoms with Crippen LogP contribution in [0.1, 0.15) is 12.6 Å². The van der Waals surface area contributed by atoms with E-state index in [0.717, 1.165) is 18.2 Å². The number of guanidine groups is 1. The molecule has 0 aliphatic carbocycles. The Labute approximate surface area is 129 Å². The van der Waals surface area contributed by atoms with E-state index in [2.05, 4.69) is 52.0 Å². The van der Waals surface area contributed by atoms with Gasteiger partial charge in [0.05, 0.1) is 6.54 Å². The van der Waals surface area contributed by atoms with E-state index in [1.165, 1.54) is 4.90 Å². The molecule has 6 heteroatoms. The number of hydrogen-bond donors (Lipinski definition) is 2. The second-order valence-electron chi connectivity index (χ2n) is 4.54. The molecule has 21 heavy (non-hydrogen) atoms. The molecule has 1 aromatic carbocycles. The van der Waals surface area contributed by atoms with Crippen LogP contribution in [0.2, 0.25) is 0 Å². The van der Waals surface area contributed by atoms with E-state index in [0.29, 0.717) is 11.8 Å². The second-order valence-corrected chi connectivity index (χ2v) is 6.05. The van der Waals surface area contributed by atoms with E-state index in [4.69, 9.17) is 4.52 Å². The lowest BCUT2D eigenvalue weighted by Gasteiger charge is -2.15. The molecule has 0 fully saturated rings. The van der Waals surface area contributed by atoms with Gasteiger partial charge in [-0.25, -0.2) is 0 Å². The molecule has 0 amide bonds. The van der Waals surface area contributed by atoms with Crippen LogP contribution in [0.25, 0.3) is 0 Å². The molecule has 0 aliphatic rings. The lowest BCUT2D eigenvalue weighted by atomic mass is 10.4. The normalized spacial score (nSPS) is 13.0. The molecule has 1 heterocycles. The smallest absolute Gasteiger partial charge is 0.191 e. The first-order valence-corrected chi connectivity index (χ1v) is 7.71. The van der Waals surface area contributed by atoms with Gasteiger partial charge >= 0.3 is 0 Å². The molecule has 0 saturated heterocycles. The minimum absolute atomic E-state index is 0.443. The van der Waals surface area contributed by atoms with E-state index in [1.807, 2.05) is 23.9 Å². The number of rotatable bonds is 6. The summed E-state index contributed by atoms with van der Waals surface area (Å²) in [5.41, 5.74) is 0.852. The summed E-state index contributed by atoms with van der Waals surface area (Å²) in [6.07, 6.45) is 1.56. The van der Waals surface area contributed by atoms with Crippen LogP contribution < -0.4 is 10.6 Å². The van der Waals surface area contributed by atoms with Gasteiger partial charge in [-0.1, -0.05) is 30.3 Å². The molecule has 5 nitrogen and oxygen atoms in total. The van der Waals surface area contributed by atoms with Crippen molar-refractivity contribution >= 4 is 17.7 Å². The van der Waals surface area contributed by atoms with Crippen LogP contribution in [0, 0.1) is 0 Å². The van der Waals surface area contributed by atoms with Gasteiger partial charge in [0.1, 0.15) is 12.0 Å². The average molecular weight is 304 g/mol. The van der Waals surface area contributed by atoms with E-state index >= 15 is 0 Å². The number of nitrogens with one attached hydrogen (secondary N) is 2. The predicted molar refractivity (Wildman–Crippen MR) is 86.5 cm³/mol. The molecule has 2 rings (SSSR count). The number of nitrogens with zero attached hydrogens (tertiary/aromatic N) is 2. The zero-order chi connectivity index (χ0) is 14.9. The molecule has 2 aromatic rings. The van der Waals surface area contributed by atoms with Crippen LogP contribution in [-0.2, 0) is 6.54 Å². The van der Waals surface area contributed by atoms with Gasteiger partial charge in [0, 0.05) is 29.8 Å². The summed E-state index contributed by atoms with van der Waals surface area (Å²) >= 11 is 1.84. The minimum atomic E-state index is 0.443. The zero-order valence-electron chi connectivity index (χ0n) is 12.2. The third-order valence-corrected chi connectivity index (χ3v) is 3.90. The highest BCUT2D eigenvalue weighted by Crippen LogP contribution is 2.21. The Balaban J connectivity index is 1.72. The fourth-order valence-corrected chi connectivity index (χ4v) is 2.68. The summed E-state index contributed by atoms with van der Waals surface area (Å²) in [7, 11) is 1.76. The van der Waals surface area contributed by atoms with E-state index < -0.39 is 0 Å². The molecular formula is C15H20N4OS. The first-order chi connectivity index (χ1) is 10.3. The Morgan fingerprint density at radius 2 is 2.10 bits per heavy atom. The second kappa shape index (κ2) is 8.36. The number of hydrogen-bond acceptors (Lipinski definition) is 4. The topological polar surface area (TPSA) is 62.5 Å². The largest absolute Gasteiger partial charge is 0.364 e. The molecule has 1 aromatic heterocycles. The molecular weight excluding hydrogens is 284 g/mol. The predicted octanol–water partition coefficient (Wildman–Crippen LogP) is 2.52. The third kappa shape index (κ3) is 5.51. The maximum Gasteiger partial charge on any atom is 0.191 e. The quantitative estimate of drug-likeness (QED) is 0.488. The maximum absolute atomic E-state index is 4.79. The maximum atomic E-state index is 4.79. The van der Waals surface area contributed by atoms with E-state index in [1.54, 1.807) is 13.3 Å². The summed E-state index contributed by atoms with van der Waals surface area (Å²) in [4.78, 5) is 5.47. The van der Waals surface area contributed by atoms with Gasteiger partial charge in [-0.3, -0.25) is 4.99 Å². The van der Waals surface area contributed by atoms with Crippen LogP contribution in [0.5, 0.6) is 0 Å². The van der Waals surface area contributed by atoms with Crippen molar-refractivity contribution in [3.05, 3.63) is 48.4 Å². The van der Waals surface area contributed by atoms with Gasteiger partial charge in [0.2, 0.25) is 0 Å². The molecule has 0 radical (unpaired) electrons. The fourth-order valence-electron chi connectivity index (χ4n) is 1.74. The Morgan fingerprint density at radius 3 is 2.76 bits per heavy atom. The van der Waals surface area contributed by atoms with Gasteiger partial charge in [-0.15, -0.1) is 11.8 Å². The Hall–Kier alpha value is -1.95. The first kappa shape index (κ1) is 15.4. The van der Waals surface area contributed by atoms with Crippen molar-refractivity contribution in [1.82, 2.24) is 15.8 Å². The summed E-state index contributed by atoms with van der Waals surface area (Å²) in [6.45, 7) is 3.62. The Morgan fingerprint density at radius 1 is 1.29 bits per heavy atom. The number of thioether (sulfide) groups is 1. The number of aliphatic imine (C=N–C) groups is 1. The molecule has 1 atom stereocenters. The third-order valence-electron chi connectivity index (χ3n) is 2.79. The monoisotopic (exact) mass is 304 g/mol. The number of aromatic nitrogens is 1. The van der Waals surface area contributed by atoms with Crippen molar-refractivity contribution in [2.24, 2.45) is 4.99 Å². The van der Waals surface area contributed by atoms with Crippen LogP contribution in [0.4, 0.5) is 0 Å². The first-order valence-electron chi connectivity index (χ1n) is 6.83. The van der Waals surface area contributed by atoms with Gasteiger partial charge in [-0.05, 0) is 12.1 Å². The highest BCUT2D eigenvalue weighted by Gasteiger charge is 2.06. The Kier molecular flexibility index (Phi) is 6.15. The molecule has 0 spiro atoms. The Bertz CT molecular complexity index is 542. The van der Waals surface area contributed by atoms with Crippen LogP contribution in [0.15, 0.2) is 57.1 Å². The zero-order valence-corrected chi connectivity index (χ0v) is 13.1. The molecule has 1 unspecified atom stereocenters. The highest BCUT2D eigenvalue weighted by atomic mass is 32.2. The summed E-state index contributed by atoms with van der Waals surface area (Å²) in [6, 6.07) is 12.2. The lowest BCUT2D eigenvalue weighted by Crippen LogP contribution is -2.39. The fraction of sp³-hybridized carbons (Fsp3) is 0.333. The molecule has 112 valence electrons. The summed E-state index contributed by atoms with van der Waals surface area (Å²) in [5.74, 6) is 0.763. The van der Waals surface area contributed by atoms with Crippen LogP contribution >= 0.6 is 11.8 Å². The SMILES string of the molecule is CN=C(NCc1ccon1)NCC(C)Sc1ccccc1. The molecule has 0 aliphatic heterocycles. The van der Waals surface area contributed by atoms with Gasteiger partial charge in [0.15, 0.2) is 5.96 Å². The highest BCUT2D eigenvalue weighted by molar-refractivity contribution is 8.00. The lowest BCUT2D eigenvalue weighted by molar-refractivity contribution is 0.410. The molecule has 0 bridgehead atoms. The van der Waals surface area contributed by atoms with Crippen molar-refractivity contribution in [3.8, 4) is 0 Å². The standard InChI is InChI=1S/C15H20N4OS/c1-12(21-14-6-4-3-5-7-14)10-17-15(16-2)18-11-13-8-9-20-19-13/h3-9,12H,10-11H2,1-2H3,(H2,16,17,18). The summed E-state index contributed by atoms with van der Waals surface area (Å²) < 4.78 is 4.79. The average Bonchev–Trinajstić information content (AvgIpc) is 3.02. The van der Waals surface area contributed by atoms with E-state index in [-0.39, 0.29) is 0 Å². The summed E-state index contributed by atoms with van der Waals surface area (Å²) in [5, 5.41) is 10.8. The molecule has 0 saturated carbocycles. The van der Waals surface area contributed by atoms with Gasteiger partial charge < -0.3 is 15.2 Å². The van der Waals surface area contributed by atoms with Crippen molar-refractivity contribution in [1.29, 1.82) is 0 Å². The molecule has 2 N–H and O–H groups in total. The van der Waals surface area contributed by atoms with Gasteiger partial charge in [0.25, 0.3) is 0 Å². The van der Waals surface area contributed by atoms with Crippen molar-refractivity contribution in [2.75, 3.05) is 13.6 Å². The van der Waals surface area contributed by atoms with Crippen LogP contribution in [-0.4, -0.2) is 30.0 Å². The van der Waals surface area contributed by atoms with Crippen molar-refractivity contribution in [3.63, 3.8) is 0 Å². The van der Waals surface area contributed by atoms with Crippen molar-refractivity contribution in [2.45, 2.75) is 23.6 Å². The van der Waals surface area contributed by atoms with Crippen molar-refractivity contribution < 1.29 is 4.52 Å². The van der Waals surface area contributed by atoms with E-state index in [9.17, 15) is 0 Å². The van der Waals surface area contributed by atoms with Gasteiger partial charge in [-0.2, -0.15) is 0 Å².